The van der Waals surface area contributed by atoms with E-state index >= 15 is 0 Å². The van der Waals surface area contributed by atoms with E-state index in [9.17, 15) is 9.18 Å². The Morgan fingerprint density at radius 2 is 2.08 bits per heavy atom. The molecule has 0 bridgehead atoms. The average molecular weight is 166 g/mol. The molecule has 0 radical (unpaired) electrons. The molecule has 0 aliphatic heterocycles. The number of benzene rings is 1. The maximum absolute atomic E-state index is 13.1. The molecule has 0 aliphatic carbocycles. The van der Waals surface area contributed by atoms with Crippen molar-refractivity contribution in [3.63, 3.8) is 0 Å². The van der Waals surface area contributed by atoms with Gasteiger partial charge in [0.25, 0.3) is 0 Å². The van der Waals surface area contributed by atoms with E-state index < -0.39 is 0 Å². The Kier molecular flexibility index (Phi) is 2.58. The SMILES string of the molecule is CC(C)c1c(F)cccc1C=O. The van der Waals surface area contributed by atoms with Crippen molar-refractivity contribution in [3.8, 4) is 0 Å². The van der Waals surface area contributed by atoms with Crippen LogP contribution in [0.15, 0.2) is 18.2 Å². The van der Waals surface area contributed by atoms with Crippen LogP contribution in [0.25, 0.3) is 0 Å². The van der Waals surface area contributed by atoms with Gasteiger partial charge in [-0.3, -0.25) is 4.79 Å². The van der Waals surface area contributed by atoms with E-state index in [2.05, 4.69) is 0 Å². The van der Waals surface area contributed by atoms with Crippen LogP contribution in [0.2, 0.25) is 0 Å². The lowest BCUT2D eigenvalue weighted by Gasteiger charge is -2.08. The smallest absolute Gasteiger partial charge is 0.150 e. The average Bonchev–Trinajstić information content (AvgIpc) is 2.03. The molecule has 12 heavy (non-hydrogen) atoms. The lowest BCUT2D eigenvalue weighted by Crippen LogP contribution is -1.98. The fourth-order valence-corrected chi connectivity index (χ4v) is 1.27. The molecule has 1 aromatic rings. The van der Waals surface area contributed by atoms with Gasteiger partial charge in [0, 0.05) is 11.1 Å². The normalized spacial score (nSPS) is 10.3. The summed E-state index contributed by atoms with van der Waals surface area (Å²) in [4.78, 5) is 10.5. The zero-order chi connectivity index (χ0) is 9.14. The lowest BCUT2D eigenvalue weighted by molar-refractivity contribution is 0.112. The molecule has 0 fully saturated rings. The fraction of sp³-hybridized carbons (Fsp3) is 0.300. The summed E-state index contributed by atoms with van der Waals surface area (Å²) in [6, 6.07) is 4.55. The quantitative estimate of drug-likeness (QED) is 0.617. The Morgan fingerprint density at radius 3 is 2.50 bits per heavy atom. The zero-order valence-corrected chi connectivity index (χ0v) is 7.17. The number of hydrogen-bond donors (Lipinski definition) is 0. The van der Waals surface area contributed by atoms with E-state index in [1.165, 1.54) is 6.07 Å². The summed E-state index contributed by atoms with van der Waals surface area (Å²) in [5.74, 6) is -0.249. The van der Waals surface area contributed by atoms with Crippen molar-refractivity contribution in [1.82, 2.24) is 0 Å². The molecular formula is C10H11FO. The molecule has 64 valence electrons. The van der Waals surface area contributed by atoms with Crippen molar-refractivity contribution in [2.24, 2.45) is 0 Å². The molecule has 0 saturated heterocycles. The standard InChI is InChI=1S/C10H11FO/c1-7(2)10-8(6-12)4-3-5-9(10)11/h3-7H,1-2H3. The van der Waals surface area contributed by atoms with Crippen LogP contribution < -0.4 is 0 Å². The molecule has 0 aliphatic rings. The topological polar surface area (TPSA) is 17.1 Å². The Hall–Kier alpha value is -1.18. The Morgan fingerprint density at radius 1 is 1.42 bits per heavy atom. The van der Waals surface area contributed by atoms with Gasteiger partial charge in [-0.1, -0.05) is 26.0 Å². The third kappa shape index (κ3) is 1.52. The predicted octanol–water partition coefficient (Wildman–Crippen LogP) is 2.76. The first-order chi connectivity index (χ1) is 5.66. The Balaban J connectivity index is 3.29. The Bertz CT molecular complexity index is 292. The highest BCUT2D eigenvalue weighted by atomic mass is 19.1. The summed E-state index contributed by atoms with van der Waals surface area (Å²) >= 11 is 0. The van der Waals surface area contributed by atoms with Crippen LogP contribution in [0, 0.1) is 5.82 Å². The minimum atomic E-state index is -0.297. The molecule has 0 unspecified atom stereocenters. The van der Waals surface area contributed by atoms with Crippen LogP contribution in [0.3, 0.4) is 0 Å². The van der Waals surface area contributed by atoms with E-state index in [4.69, 9.17) is 0 Å². The summed E-state index contributed by atoms with van der Waals surface area (Å²) < 4.78 is 13.1. The van der Waals surface area contributed by atoms with Gasteiger partial charge >= 0.3 is 0 Å². The van der Waals surface area contributed by atoms with E-state index in [0.717, 1.165) is 0 Å². The molecule has 0 amide bonds. The molecule has 1 aromatic carbocycles. The third-order valence-corrected chi connectivity index (χ3v) is 1.79. The van der Waals surface area contributed by atoms with Gasteiger partial charge in [-0.15, -0.1) is 0 Å². The first-order valence-electron chi connectivity index (χ1n) is 3.90. The van der Waals surface area contributed by atoms with Crippen LogP contribution in [-0.2, 0) is 0 Å². The molecule has 1 rings (SSSR count). The summed E-state index contributed by atoms with van der Waals surface area (Å²) in [5.41, 5.74) is 0.956. The molecule has 0 spiro atoms. The first kappa shape index (κ1) is 8.91. The summed E-state index contributed by atoms with van der Waals surface area (Å²) in [7, 11) is 0. The molecule has 0 atom stereocenters. The van der Waals surface area contributed by atoms with Crippen LogP contribution >= 0.6 is 0 Å². The number of carbonyl (C=O) groups is 1. The van der Waals surface area contributed by atoms with Gasteiger partial charge in [-0.05, 0) is 12.0 Å². The summed E-state index contributed by atoms with van der Waals surface area (Å²) in [6.07, 6.45) is 0.693. The molecule has 0 saturated carbocycles. The number of hydrogen-bond acceptors (Lipinski definition) is 1. The minimum Gasteiger partial charge on any atom is -0.298 e. The van der Waals surface area contributed by atoms with Gasteiger partial charge in [-0.2, -0.15) is 0 Å². The van der Waals surface area contributed by atoms with Crippen molar-refractivity contribution in [2.45, 2.75) is 19.8 Å². The van der Waals surface area contributed by atoms with E-state index in [-0.39, 0.29) is 11.7 Å². The van der Waals surface area contributed by atoms with Crippen LogP contribution in [0.5, 0.6) is 0 Å². The molecule has 0 N–H and O–H groups in total. The van der Waals surface area contributed by atoms with Crippen molar-refractivity contribution >= 4 is 6.29 Å². The maximum atomic E-state index is 13.1. The fourth-order valence-electron chi connectivity index (χ4n) is 1.27. The van der Waals surface area contributed by atoms with Gasteiger partial charge < -0.3 is 0 Å². The van der Waals surface area contributed by atoms with Gasteiger partial charge in [-0.25, -0.2) is 4.39 Å². The van der Waals surface area contributed by atoms with Crippen molar-refractivity contribution in [1.29, 1.82) is 0 Å². The summed E-state index contributed by atoms with van der Waals surface area (Å²) in [5, 5.41) is 0. The van der Waals surface area contributed by atoms with Crippen molar-refractivity contribution in [3.05, 3.63) is 35.1 Å². The van der Waals surface area contributed by atoms with Crippen molar-refractivity contribution < 1.29 is 9.18 Å². The van der Waals surface area contributed by atoms with Gasteiger partial charge in [0.05, 0.1) is 0 Å². The molecule has 0 aromatic heterocycles. The van der Waals surface area contributed by atoms with E-state index in [1.54, 1.807) is 12.1 Å². The highest BCUT2D eigenvalue weighted by molar-refractivity contribution is 5.77. The largest absolute Gasteiger partial charge is 0.298 e. The van der Waals surface area contributed by atoms with Crippen LogP contribution in [0.1, 0.15) is 35.7 Å². The monoisotopic (exact) mass is 166 g/mol. The number of aldehydes is 1. The first-order valence-corrected chi connectivity index (χ1v) is 3.90. The highest BCUT2D eigenvalue weighted by Crippen LogP contribution is 2.21. The van der Waals surface area contributed by atoms with Gasteiger partial charge in [0.1, 0.15) is 12.1 Å². The summed E-state index contributed by atoms with van der Waals surface area (Å²) in [6.45, 7) is 3.73. The third-order valence-electron chi connectivity index (χ3n) is 1.79. The predicted molar refractivity (Wildman–Crippen MR) is 45.9 cm³/mol. The minimum absolute atomic E-state index is 0.0476. The second kappa shape index (κ2) is 3.48. The Labute approximate surface area is 71.2 Å². The van der Waals surface area contributed by atoms with E-state index in [1.807, 2.05) is 13.8 Å². The highest BCUT2D eigenvalue weighted by Gasteiger charge is 2.10. The molecule has 0 heterocycles. The van der Waals surface area contributed by atoms with Crippen molar-refractivity contribution in [2.75, 3.05) is 0 Å². The molecule has 2 heteroatoms. The lowest BCUT2D eigenvalue weighted by atomic mass is 9.97. The van der Waals surface area contributed by atoms with Crippen LogP contribution in [-0.4, -0.2) is 6.29 Å². The van der Waals surface area contributed by atoms with Gasteiger partial charge in [0.15, 0.2) is 0 Å². The number of carbonyl (C=O) groups excluding carboxylic acids is 1. The van der Waals surface area contributed by atoms with E-state index in [0.29, 0.717) is 17.4 Å². The van der Waals surface area contributed by atoms with Crippen LogP contribution in [0.4, 0.5) is 4.39 Å². The second-order valence-electron chi connectivity index (χ2n) is 3.02. The molecular weight excluding hydrogens is 155 g/mol. The second-order valence-corrected chi connectivity index (χ2v) is 3.02. The molecule has 1 nitrogen and oxygen atoms in total. The maximum Gasteiger partial charge on any atom is 0.150 e. The zero-order valence-electron chi connectivity index (χ0n) is 7.17. The number of rotatable bonds is 2. The number of halogens is 1. The van der Waals surface area contributed by atoms with Gasteiger partial charge in [0.2, 0.25) is 0 Å².